The van der Waals surface area contributed by atoms with Gasteiger partial charge in [-0.3, -0.25) is 0 Å². The lowest BCUT2D eigenvalue weighted by atomic mass is 10.4. The van der Waals surface area contributed by atoms with E-state index in [0.29, 0.717) is 0 Å². The monoisotopic (exact) mass is 140 g/mol. The molecule has 58 valence electrons. The van der Waals surface area contributed by atoms with Gasteiger partial charge in [-0.2, -0.15) is 0 Å². The zero-order chi connectivity index (χ0) is 7.23. The molecule has 2 nitrogen and oxygen atoms in total. The number of rotatable bonds is 3. The van der Waals surface area contributed by atoms with E-state index in [1.807, 2.05) is 13.3 Å². The summed E-state index contributed by atoms with van der Waals surface area (Å²) in [6, 6.07) is 0. The van der Waals surface area contributed by atoms with Gasteiger partial charge in [0, 0.05) is 13.6 Å². The SMILES string of the molecule is CN=CCCN1CCCC1. The summed E-state index contributed by atoms with van der Waals surface area (Å²) in [5.41, 5.74) is 0. The fourth-order valence-electron chi connectivity index (χ4n) is 1.38. The highest BCUT2D eigenvalue weighted by molar-refractivity contribution is 5.56. The lowest BCUT2D eigenvalue weighted by molar-refractivity contribution is 0.350. The topological polar surface area (TPSA) is 15.6 Å². The van der Waals surface area contributed by atoms with E-state index >= 15 is 0 Å². The highest BCUT2D eigenvalue weighted by atomic mass is 15.1. The molecule has 0 saturated carbocycles. The Morgan fingerprint density at radius 1 is 1.40 bits per heavy atom. The van der Waals surface area contributed by atoms with Crippen molar-refractivity contribution in [2.45, 2.75) is 19.3 Å². The molecule has 0 aromatic heterocycles. The average molecular weight is 140 g/mol. The van der Waals surface area contributed by atoms with Gasteiger partial charge < -0.3 is 9.89 Å². The van der Waals surface area contributed by atoms with Gasteiger partial charge >= 0.3 is 0 Å². The first-order chi connectivity index (χ1) is 4.93. The van der Waals surface area contributed by atoms with Crippen LogP contribution in [0.1, 0.15) is 19.3 Å². The predicted octanol–water partition coefficient (Wildman–Crippen LogP) is 1.17. The standard InChI is InChI=1S/C8H16N2/c1-9-5-4-8-10-6-2-3-7-10/h5H,2-4,6-8H2,1H3. The number of aliphatic imine (C=N–C) groups is 1. The molecule has 0 bridgehead atoms. The number of nitrogens with zero attached hydrogens (tertiary/aromatic N) is 2. The number of hydrogen-bond donors (Lipinski definition) is 0. The van der Waals surface area contributed by atoms with Crippen LogP contribution < -0.4 is 0 Å². The lowest BCUT2D eigenvalue weighted by Gasteiger charge is -2.11. The Morgan fingerprint density at radius 2 is 2.10 bits per heavy atom. The maximum absolute atomic E-state index is 3.94. The van der Waals surface area contributed by atoms with Crippen molar-refractivity contribution in [3.8, 4) is 0 Å². The highest BCUT2D eigenvalue weighted by Crippen LogP contribution is 2.06. The molecule has 0 aromatic rings. The molecule has 0 amide bonds. The second kappa shape index (κ2) is 4.45. The fraction of sp³-hybridized carbons (Fsp3) is 0.875. The first-order valence-electron chi connectivity index (χ1n) is 4.06. The van der Waals surface area contributed by atoms with Crippen molar-refractivity contribution in [1.82, 2.24) is 4.90 Å². The summed E-state index contributed by atoms with van der Waals surface area (Å²) in [4.78, 5) is 6.45. The third kappa shape index (κ3) is 2.48. The van der Waals surface area contributed by atoms with E-state index in [-0.39, 0.29) is 0 Å². The van der Waals surface area contributed by atoms with E-state index in [0.717, 1.165) is 6.42 Å². The molecule has 0 radical (unpaired) electrons. The summed E-state index contributed by atoms with van der Waals surface area (Å²) < 4.78 is 0. The Bertz CT molecular complexity index is 104. The number of hydrogen-bond acceptors (Lipinski definition) is 2. The van der Waals surface area contributed by atoms with Crippen molar-refractivity contribution in [3.63, 3.8) is 0 Å². The van der Waals surface area contributed by atoms with Crippen molar-refractivity contribution in [2.75, 3.05) is 26.7 Å². The van der Waals surface area contributed by atoms with E-state index in [2.05, 4.69) is 9.89 Å². The summed E-state index contributed by atoms with van der Waals surface area (Å²) in [6.45, 7) is 3.81. The van der Waals surface area contributed by atoms with Gasteiger partial charge in [-0.05, 0) is 38.6 Å². The summed E-state index contributed by atoms with van der Waals surface area (Å²) in [5, 5.41) is 0. The van der Waals surface area contributed by atoms with Crippen molar-refractivity contribution in [1.29, 1.82) is 0 Å². The van der Waals surface area contributed by atoms with Gasteiger partial charge in [0.25, 0.3) is 0 Å². The van der Waals surface area contributed by atoms with Crippen LogP contribution in [0.15, 0.2) is 4.99 Å². The molecule has 0 aliphatic carbocycles. The molecular weight excluding hydrogens is 124 g/mol. The highest BCUT2D eigenvalue weighted by Gasteiger charge is 2.08. The van der Waals surface area contributed by atoms with Crippen LogP contribution in [0, 0.1) is 0 Å². The molecule has 0 spiro atoms. The van der Waals surface area contributed by atoms with E-state index < -0.39 is 0 Å². The molecule has 0 unspecified atom stereocenters. The van der Waals surface area contributed by atoms with Crippen molar-refractivity contribution >= 4 is 6.21 Å². The molecular formula is C8H16N2. The third-order valence-electron chi connectivity index (χ3n) is 1.96. The van der Waals surface area contributed by atoms with Crippen LogP contribution >= 0.6 is 0 Å². The largest absolute Gasteiger partial charge is 0.303 e. The minimum Gasteiger partial charge on any atom is -0.303 e. The zero-order valence-corrected chi connectivity index (χ0v) is 6.71. The van der Waals surface area contributed by atoms with Crippen LogP contribution in [0.3, 0.4) is 0 Å². The predicted molar refractivity (Wildman–Crippen MR) is 44.7 cm³/mol. The molecule has 10 heavy (non-hydrogen) atoms. The third-order valence-corrected chi connectivity index (χ3v) is 1.96. The molecule has 0 aromatic carbocycles. The van der Waals surface area contributed by atoms with Gasteiger partial charge in [0.05, 0.1) is 0 Å². The summed E-state index contributed by atoms with van der Waals surface area (Å²) in [6.07, 6.45) is 5.90. The van der Waals surface area contributed by atoms with Gasteiger partial charge in [-0.1, -0.05) is 0 Å². The van der Waals surface area contributed by atoms with Gasteiger partial charge in [0.1, 0.15) is 0 Å². The summed E-state index contributed by atoms with van der Waals surface area (Å²) in [7, 11) is 1.84. The normalized spacial score (nSPS) is 20.9. The summed E-state index contributed by atoms with van der Waals surface area (Å²) >= 11 is 0. The van der Waals surface area contributed by atoms with E-state index in [1.165, 1.54) is 32.5 Å². The van der Waals surface area contributed by atoms with E-state index in [9.17, 15) is 0 Å². The molecule has 1 fully saturated rings. The Labute approximate surface area is 62.9 Å². The van der Waals surface area contributed by atoms with Gasteiger partial charge in [0.2, 0.25) is 0 Å². The number of likely N-dealkylation sites (tertiary alicyclic amines) is 1. The molecule has 1 heterocycles. The van der Waals surface area contributed by atoms with Crippen molar-refractivity contribution in [2.24, 2.45) is 4.99 Å². The van der Waals surface area contributed by atoms with Crippen LogP contribution in [-0.4, -0.2) is 37.8 Å². The second-order valence-corrected chi connectivity index (χ2v) is 2.78. The maximum Gasteiger partial charge on any atom is 0.0273 e. The van der Waals surface area contributed by atoms with Crippen LogP contribution in [0.2, 0.25) is 0 Å². The zero-order valence-electron chi connectivity index (χ0n) is 6.71. The van der Waals surface area contributed by atoms with Crippen LogP contribution in [0.5, 0.6) is 0 Å². The van der Waals surface area contributed by atoms with Gasteiger partial charge in [-0.25, -0.2) is 0 Å². The smallest absolute Gasteiger partial charge is 0.0273 e. The van der Waals surface area contributed by atoms with Crippen LogP contribution in [0.25, 0.3) is 0 Å². The summed E-state index contributed by atoms with van der Waals surface area (Å²) in [5.74, 6) is 0. The van der Waals surface area contributed by atoms with Crippen LogP contribution in [0.4, 0.5) is 0 Å². The van der Waals surface area contributed by atoms with Gasteiger partial charge in [0.15, 0.2) is 0 Å². The molecule has 1 aliphatic heterocycles. The first-order valence-corrected chi connectivity index (χ1v) is 4.06. The Balaban J connectivity index is 2.01. The van der Waals surface area contributed by atoms with E-state index in [1.54, 1.807) is 0 Å². The minimum atomic E-state index is 1.12. The fourth-order valence-corrected chi connectivity index (χ4v) is 1.38. The maximum atomic E-state index is 3.94. The van der Waals surface area contributed by atoms with E-state index in [4.69, 9.17) is 0 Å². The molecule has 0 atom stereocenters. The van der Waals surface area contributed by atoms with Crippen molar-refractivity contribution < 1.29 is 0 Å². The Hall–Kier alpha value is -0.370. The molecule has 1 rings (SSSR count). The molecule has 0 N–H and O–H groups in total. The Morgan fingerprint density at radius 3 is 2.70 bits per heavy atom. The first kappa shape index (κ1) is 7.73. The van der Waals surface area contributed by atoms with Gasteiger partial charge in [-0.15, -0.1) is 0 Å². The Kier molecular flexibility index (Phi) is 3.44. The second-order valence-electron chi connectivity index (χ2n) is 2.78. The molecule has 1 aliphatic rings. The van der Waals surface area contributed by atoms with Crippen molar-refractivity contribution in [3.05, 3.63) is 0 Å². The molecule has 1 saturated heterocycles. The quantitative estimate of drug-likeness (QED) is 0.537. The minimum absolute atomic E-state index is 1.12. The van der Waals surface area contributed by atoms with Crippen LogP contribution in [-0.2, 0) is 0 Å². The lowest BCUT2D eigenvalue weighted by Crippen LogP contribution is -2.20. The average Bonchev–Trinajstić information content (AvgIpc) is 2.41. The molecule has 2 heteroatoms.